The highest BCUT2D eigenvalue weighted by Gasteiger charge is 2.17. The van der Waals surface area contributed by atoms with Gasteiger partial charge in [-0.05, 0) is 36.2 Å². The summed E-state index contributed by atoms with van der Waals surface area (Å²) in [4.78, 5) is 0. The molecule has 0 unspecified atom stereocenters. The van der Waals surface area contributed by atoms with E-state index in [-0.39, 0.29) is 5.46 Å². The summed E-state index contributed by atoms with van der Waals surface area (Å²) in [7, 11) is -1.62. The summed E-state index contributed by atoms with van der Waals surface area (Å²) in [5, 5.41) is 27.1. The van der Waals surface area contributed by atoms with E-state index in [0.29, 0.717) is 23.1 Å². The SMILES string of the molecule is CCOc1ccc(C=NN=C(N)SCc2ccccc2)cc1B(O)O. The molecule has 0 saturated heterocycles. The molecule has 0 radical (unpaired) electrons. The summed E-state index contributed by atoms with van der Waals surface area (Å²) in [6.45, 7) is 2.26. The lowest BCUT2D eigenvalue weighted by atomic mass is 9.79. The van der Waals surface area contributed by atoms with Crippen molar-refractivity contribution in [3.8, 4) is 5.75 Å². The lowest BCUT2D eigenvalue weighted by molar-refractivity contribution is 0.340. The van der Waals surface area contributed by atoms with E-state index in [2.05, 4.69) is 10.2 Å². The molecule has 0 aliphatic heterocycles. The van der Waals surface area contributed by atoms with E-state index in [1.165, 1.54) is 18.0 Å². The van der Waals surface area contributed by atoms with Crippen LogP contribution in [0.25, 0.3) is 0 Å². The summed E-state index contributed by atoms with van der Waals surface area (Å²) < 4.78 is 5.35. The summed E-state index contributed by atoms with van der Waals surface area (Å²) in [6, 6.07) is 14.9. The number of benzene rings is 2. The lowest BCUT2D eigenvalue weighted by Gasteiger charge is -2.09. The van der Waals surface area contributed by atoms with Crippen molar-refractivity contribution in [2.45, 2.75) is 12.7 Å². The van der Waals surface area contributed by atoms with Gasteiger partial charge < -0.3 is 20.5 Å². The first kappa shape index (κ1) is 19.0. The van der Waals surface area contributed by atoms with Gasteiger partial charge in [0.2, 0.25) is 0 Å². The van der Waals surface area contributed by atoms with Crippen LogP contribution in [0.1, 0.15) is 18.1 Å². The van der Waals surface area contributed by atoms with Gasteiger partial charge >= 0.3 is 7.12 Å². The van der Waals surface area contributed by atoms with E-state index in [1.54, 1.807) is 18.2 Å². The molecule has 0 heterocycles. The second kappa shape index (κ2) is 9.88. The Bertz CT molecular complexity index is 739. The van der Waals surface area contributed by atoms with Gasteiger partial charge in [-0.25, -0.2) is 0 Å². The Morgan fingerprint density at radius 3 is 2.68 bits per heavy atom. The van der Waals surface area contributed by atoms with Gasteiger partial charge in [0.05, 0.1) is 12.8 Å². The molecule has 6 nitrogen and oxygen atoms in total. The van der Waals surface area contributed by atoms with Crippen molar-refractivity contribution in [2.24, 2.45) is 15.9 Å². The molecule has 0 fully saturated rings. The molecule has 0 aliphatic rings. The van der Waals surface area contributed by atoms with E-state index in [0.717, 1.165) is 11.3 Å². The Morgan fingerprint density at radius 1 is 1.24 bits per heavy atom. The Kier molecular flexibility index (Phi) is 7.52. The maximum absolute atomic E-state index is 9.43. The van der Waals surface area contributed by atoms with E-state index >= 15 is 0 Å². The second-order valence-corrected chi connectivity index (χ2v) is 6.06. The first-order valence-electron chi connectivity index (χ1n) is 7.76. The van der Waals surface area contributed by atoms with Crippen LogP contribution < -0.4 is 15.9 Å². The van der Waals surface area contributed by atoms with Crippen molar-refractivity contribution in [1.82, 2.24) is 0 Å². The van der Waals surface area contributed by atoms with Gasteiger partial charge in [0.15, 0.2) is 5.17 Å². The predicted octanol–water partition coefficient (Wildman–Crippen LogP) is 1.35. The molecule has 130 valence electrons. The summed E-state index contributed by atoms with van der Waals surface area (Å²) in [5.74, 6) is 1.14. The molecule has 2 rings (SSSR count). The monoisotopic (exact) mass is 357 g/mol. The van der Waals surface area contributed by atoms with Gasteiger partial charge in [-0.15, -0.1) is 5.10 Å². The molecule has 0 amide bonds. The lowest BCUT2D eigenvalue weighted by Crippen LogP contribution is -2.31. The van der Waals surface area contributed by atoms with Crippen LogP contribution in [-0.4, -0.2) is 35.2 Å². The minimum absolute atomic E-state index is 0.279. The number of amidine groups is 1. The Labute approximate surface area is 151 Å². The quantitative estimate of drug-likeness (QED) is 0.301. The average molecular weight is 357 g/mol. The van der Waals surface area contributed by atoms with Crippen LogP contribution in [0.4, 0.5) is 0 Å². The third kappa shape index (κ3) is 6.26. The number of thioether (sulfide) groups is 1. The molecule has 0 atom stereocenters. The number of ether oxygens (including phenoxy) is 1. The zero-order valence-corrected chi connectivity index (χ0v) is 14.7. The molecule has 2 aromatic rings. The topological polar surface area (TPSA) is 100 Å². The number of hydrogen-bond donors (Lipinski definition) is 3. The molecule has 8 heteroatoms. The van der Waals surface area contributed by atoms with Gasteiger partial charge in [0, 0.05) is 11.2 Å². The van der Waals surface area contributed by atoms with Crippen LogP contribution in [0.3, 0.4) is 0 Å². The number of hydrogen-bond acceptors (Lipinski definition) is 6. The molecule has 0 bridgehead atoms. The normalized spacial score (nSPS) is 11.7. The highest BCUT2D eigenvalue weighted by Crippen LogP contribution is 2.12. The number of nitrogens with two attached hydrogens (primary N) is 1. The van der Waals surface area contributed by atoms with Crippen LogP contribution >= 0.6 is 11.8 Å². The maximum atomic E-state index is 9.43. The molecular weight excluding hydrogens is 337 g/mol. The third-order valence-corrected chi connectivity index (χ3v) is 4.06. The largest absolute Gasteiger partial charge is 0.494 e. The van der Waals surface area contributed by atoms with Crippen LogP contribution in [0.5, 0.6) is 5.75 Å². The Balaban J connectivity index is 1.99. The molecule has 4 N–H and O–H groups in total. The van der Waals surface area contributed by atoms with Crippen LogP contribution in [0.15, 0.2) is 58.7 Å². The molecule has 0 saturated carbocycles. The van der Waals surface area contributed by atoms with Crippen molar-refractivity contribution < 1.29 is 14.8 Å². The fourth-order valence-electron chi connectivity index (χ4n) is 2.05. The maximum Gasteiger partial charge on any atom is 0.492 e. The highest BCUT2D eigenvalue weighted by molar-refractivity contribution is 8.13. The minimum atomic E-state index is -1.62. The smallest absolute Gasteiger partial charge is 0.492 e. The molecule has 25 heavy (non-hydrogen) atoms. The van der Waals surface area contributed by atoms with E-state index in [1.807, 2.05) is 37.3 Å². The standard InChI is InChI=1S/C17H20BN3O3S/c1-2-24-16-9-8-14(10-15(16)18(22)23)11-20-21-17(19)25-12-13-6-4-3-5-7-13/h3-11,22-23H,2,12H2,1H3,(H2,19,21). The fraction of sp³-hybridized carbons (Fsp3) is 0.176. The van der Waals surface area contributed by atoms with E-state index in [4.69, 9.17) is 10.5 Å². The zero-order valence-electron chi connectivity index (χ0n) is 13.9. The summed E-state index contributed by atoms with van der Waals surface area (Å²) in [6.07, 6.45) is 1.50. The van der Waals surface area contributed by atoms with Crippen molar-refractivity contribution >= 4 is 35.7 Å². The van der Waals surface area contributed by atoms with Crippen molar-refractivity contribution in [3.05, 3.63) is 59.7 Å². The fourth-order valence-corrected chi connectivity index (χ4v) is 2.66. The Morgan fingerprint density at radius 2 is 2.00 bits per heavy atom. The van der Waals surface area contributed by atoms with Gasteiger partial charge in [-0.2, -0.15) is 5.10 Å². The van der Waals surface area contributed by atoms with Gasteiger partial charge in [0.25, 0.3) is 0 Å². The van der Waals surface area contributed by atoms with Crippen LogP contribution in [-0.2, 0) is 5.75 Å². The van der Waals surface area contributed by atoms with E-state index in [9.17, 15) is 10.0 Å². The highest BCUT2D eigenvalue weighted by atomic mass is 32.2. The first-order chi connectivity index (χ1) is 12.1. The van der Waals surface area contributed by atoms with E-state index < -0.39 is 7.12 Å². The van der Waals surface area contributed by atoms with Crippen LogP contribution in [0.2, 0.25) is 0 Å². The average Bonchev–Trinajstić information content (AvgIpc) is 2.62. The minimum Gasteiger partial charge on any atom is -0.494 e. The molecule has 2 aromatic carbocycles. The predicted molar refractivity (Wildman–Crippen MR) is 104 cm³/mol. The number of rotatable bonds is 7. The summed E-state index contributed by atoms with van der Waals surface area (Å²) in [5.41, 5.74) is 7.92. The zero-order chi connectivity index (χ0) is 18.1. The van der Waals surface area contributed by atoms with Gasteiger partial charge in [0.1, 0.15) is 5.75 Å². The second-order valence-electron chi connectivity index (χ2n) is 5.06. The first-order valence-corrected chi connectivity index (χ1v) is 8.74. The van der Waals surface area contributed by atoms with Gasteiger partial charge in [-0.1, -0.05) is 42.1 Å². The van der Waals surface area contributed by atoms with Crippen molar-refractivity contribution in [3.63, 3.8) is 0 Å². The number of nitrogens with zero attached hydrogens (tertiary/aromatic N) is 2. The third-order valence-electron chi connectivity index (χ3n) is 3.20. The Hall–Kier alpha value is -2.29. The summed E-state index contributed by atoms with van der Waals surface area (Å²) >= 11 is 1.40. The molecule has 0 spiro atoms. The van der Waals surface area contributed by atoms with Gasteiger partial charge in [-0.3, -0.25) is 0 Å². The van der Waals surface area contributed by atoms with Crippen molar-refractivity contribution in [2.75, 3.05) is 6.61 Å². The molecule has 0 aliphatic carbocycles. The molecule has 0 aromatic heterocycles. The molecular formula is C17H20BN3O3S. The van der Waals surface area contributed by atoms with Crippen molar-refractivity contribution in [1.29, 1.82) is 0 Å². The van der Waals surface area contributed by atoms with Crippen LogP contribution in [0, 0.1) is 0 Å².